The van der Waals surface area contributed by atoms with E-state index in [1.807, 2.05) is 26.0 Å². The van der Waals surface area contributed by atoms with Crippen molar-refractivity contribution in [3.05, 3.63) is 75.8 Å². The fourth-order valence-electron chi connectivity index (χ4n) is 4.11. The fourth-order valence-corrected chi connectivity index (χ4v) is 5.22. The Morgan fingerprint density at radius 3 is 2.71 bits per heavy atom. The second-order valence-corrected chi connectivity index (χ2v) is 10.1. The first-order chi connectivity index (χ1) is 14.8. The van der Waals surface area contributed by atoms with Crippen molar-refractivity contribution in [1.29, 1.82) is 0 Å². The number of nitrogens with zero attached hydrogens (tertiary/aromatic N) is 3. The van der Waals surface area contributed by atoms with Crippen LogP contribution in [-0.2, 0) is 16.6 Å². The van der Waals surface area contributed by atoms with Crippen LogP contribution in [0.2, 0.25) is 0 Å². The van der Waals surface area contributed by atoms with Crippen molar-refractivity contribution in [3.8, 4) is 0 Å². The molecular weight excluding hydrogens is 412 g/mol. The Morgan fingerprint density at radius 1 is 1.16 bits per heavy atom. The molecule has 1 saturated heterocycles. The number of hydrogen-bond acceptors (Lipinski definition) is 5. The van der Waals surface area contributed by atoms with Gasteiger partial charge in [0, 0.05) is 31.9 Å². The molecule has 1 N–H and O–H groups in total. The van der Waals surface area contributed by atoms with Gasteiger partial charge in [-0.05, 0) is 62.9 Å². The molecule has 0 radical (unpaired) electrons. The molecule has 1 fully saturated rings. The summed E-state index contributed by atoms with van der Waals surface area (Å²) in [6.07, 6.45) is 3.70. The van der Waals surface area contributed by atoms with Crippen molar-refractivity contribution in [3.63, 3.8) is 0 Å². The zero-order valence-corrected chi connectivity index (χ0v) is 18.7. The van der Waals surface area contributed by atoms with E-state index in [0.29, 0.717) is 23.6 Å². The first-order valence-corrected chi connectivity index (χ1v) is 12.1. The summed E-state index contributed by atoms with van der Waals surface area (Å²) in [5, 5.41) is 0. The third-order valence-electron chi connectivity index (χ3n) is 5.82. The van der Waals surface area contributed by atoms with Crippen LogP contribution in [0.3, 0.4) is 0 Å². The molecule has 0 saturated carbocycles. The fraction of sp³-hybridized carbons (Fsp3) is 0.391. The van der Waals surface area contributed by atoms with Crippen LogP contribution in [0.15, 0.2) is 58.4 Å². The lowest BCUT2D eigenvalue weighted by Gasteiger charge is -2.32. The summed E-state index contributed by atoms with van der Waals surface area (Å²) in [6, 6.07) is 12.3. The summed E-state index contributed by atoms with van der Waals surface area (Å²) < 4.78 is 29.5. The Bertz CT molecular complexity index is 1240. The molecular formula is C23H28N4O3S. The zero-order chi connectivity index (χ0) is 22.0. The third-order valence-corrected chi connectivity index (χ3v) is 7.26. The van der Waals surface area contributed by atoms with Gasteiger partial charge in [-0.2, -0.15) is 0 Å². The number of nitrogens with one attached hydrogen (secondary N) is 1. The smallest absolute Gasteiger partial charge is 0.258 e. The van der Waals surface area contributed by atoms with E-state index >= 15 is 0 Å². The quantitative estimate of drug-likeness (QED) is 0.637. The number of aromatic nitrogens is 2. The van der Waals surface area contributed by atoms with Crippen LogP contribution in [0.4, 0.5) is 0 Å². The van der Waals surface area contributed by atoms with E-state index in [4.69, 9.17) is 4.98 Å². The highest BCUT2D eigenvalue weighted by atomic mass is 32.2. The summed E-state index contributed by atoms with van der Waals surface area (Å²) in [5.41, 5.74) is 3.34. The van der Waals surface area contributed by atoms with Gasteiger partial charge in [0.05, 0.1) is 10.6 Å². The monoisotopic (exact) mass is 440 g/mol. The molecule has 31 heavy (non-hydrogen) atoms. The largest absolute Gasteiger partial charge is 0.297 e. The zero-order valence-electron chi connectivity index (χ0n) is 17.9. The molecule has 0 spiro atoms. The summed E-state index contributed by atoms with van der Waals surface area (Å²) in [5.74, 6) is 0.220. The molecule has 3 aromatic rings. The van der Waals surface area contributed by atoms with Gasteiger partial charge in [0.25, 0.3) is 5.56 Å². The minimum atomic E-state index is -3.51. The number of pyridine rings is 1. The molecule has 2 aromatic heterocycles. The maximum absolute atomic E-state index is 12.6. The minimum absolute atomic E-state index is 0.0804. The number of piperidine rings is 1. The van der Waals surface area contributed by atoms with E-state index in [1.54, 1.807) is 40.9 Å². The van der Waals surface area contributed by atoms with Crippen LogP contribution in [-0.4, -0.2) is 42.3 Å². The van der Waals surface area contributed by atoms with Crippen LogP contribution in [0.5, 0.6) is 0 Å². The van der Waals surface area contributed by atoms with Crippen molar-refractivity contribution >= 4 is 15.7 Å². The molecule has 0 aliphatic carbocycles. The Balaban J connectivity index is 1.41. The van der Waals surface area contributed by atoms with Gasteiger partial charge in [0.2, 0.25) is 10.0 Å². The molecule has 164 valence electrons. The third kappa shape index (κ3) is 5.03. The van der Waals surface area contributed by atoms with Crippen molar-refractivity contribution in [1.82, 2.24) is 19.0 Å². The van der Waals surface area contributed by atoms with E-state index in [0.717, 1.165) is 42.8 Å². The van der Waals surface area contributed by atoms with Crippen molar-refractivity contribution in [2.45, 2.75) is 38.1 Å². The number of benzene rings is 1. The number of fused-ring (bicyclic) bond motifs is 1. The molecule has 8 heteroatoms. The molecule has 4 rings (SSSR count). The number of rotatable bonds is 6. The lowest BCUT2D eigenvalue weighted by Crippen LogP contribution is -2.40. The van der Waals surface area contributed by atoms with Gasteiger partial charge in [-0.3, -0.25) is 14.1 Å². The average Bonchev–Trinajstić information content (AvgIpc) is 2.74. The first-order valence-electron chi connectivity index (χ1n) is 10.6. The molecule has 1 aliphatic heterocycles. The molecule has 7 nitrogen and oxygen atoms in total. The van der Waals surface area contributed by atoms with E-state index in [1.165, 1.54) is 0 Å². The predicted octanol–water partition coefficient (Wildman–Crippen LogP) is 2.50. The van der Waals surface area contributed by atoms with Gasteiger partial charge in [-0.25, -0.2) is 18.1 Å². The van der Waals surface area contributed by atoms with E-state index < -0.39 is 10.0 Å². The van der Waals surface area contributed by atoms with Gasteiger partial charge in [-0.15, -0.1) is 0 Å². The van der Waals surface area contributed by atoms with Crippen LogP contribution in [0.1, 0.15) is 29.7 Å². The summed E-state index contributed by atoms with van der Waals surface area (Å²) >= 11 is 0. The average molecular weight is 441 g/mol. The van der Waals surface area contributed by atoms with Crippen molar-refractivity contribution < 1.29 is 8.42 Å². The summed E-state index contributed by atoms with van der Waals surface area (Å²) in [7, 11) is -3.51. The normalized spacial score (nSPS) is 17.8. The molecule has 3 heterocycles. The Morgan fingerprint density at radius 2 is 1.94 bits per heavy atom. The second kappa shape index (κ2) is 8.90. The first kappa shape index (κ1) is 21.7. The molecule has 1 atom stereocenters. The standard InChI is InChI=1S/C23H28N4O3S/c1-17-7-9-21(10-8-17)31(29,30)24-14-19-6-4-11-26(15-19)16-20-13-22(28)27-12-3-5-18(2)23(27)25-20/h3,5,7-10,12-13,19,24H,4,6,11,14-16H2,1-2H3. The number of aryl methyl sites for hydroxylation is 2. The number of likely N-dealkylation sites (tertiary alicyclic amines) is 1. The van der Waals surface area contributed by atoms with Gasteiger partial charge < -0.3 is 0 Å². The number of hydrogen-bond donors (Lipinski definition) is 1. The van der Waals surface area contributed by atoms with Gasteiger partial charge in [0.1, 0.15) is 5.65 Å². The van der Waals surface area contributed by atoms with Crippen molar-refractivity contribution in [2.24, 2.45) is 5.92 Å². The van der Waals surface area contributed by atoms with E-state index in [2.05, 4.69) is 9.62 Å². The van der Waals surface area contributed by atoms with E-state index in [-0.39, 0.29) is 11.5 Å². The summed E-state index contributed by atoms with van der Waals surface area (Å²) in [6.45, 7) is 6.55. The highest BCUT2D eigenvalue weighted by Crippen LogP contribution is 2.19. The Labute approximate surface area is 182 Å². The van der Waals surface area contributed by atoms with Gasteiger partial charge in [-0.1, -0.05) is 23.8 Å². The highest BCUT2D eigenvalue weighted by molar-refractivity contribution is 7.89. The van der Waals surface area contributed by atoms with Crippen LogP contribution >= 0.6 is 0 Å². The predicted molar refractivity (Wildman–Crippen MR) is 121 cm³/mol. The second-order valence-electron chi connectivity index (χ2n) is 8.38. The van der Waals surface area contributed by atoms with E-state index in [9.17, 15) is 13.2 Å². The molecule has 1 aromatic carbocycles. The van der Waals surface area contributed by atoms with Crippen LogP contribution in [0.25, 0.3) is 5.65 Å². The molecule has 1 aliphatic rings. The topological polar surface area (TPSA) is 83.8 Å². The SMILES string of the molecule is Cc1ccc(S(=O)(=O)NCC2CCCN(Cc3cc(=O)n4cccc(C)c4n3)C2)cc1. The van der Waals surface area contributed by atoms with Crippen LogP contribution < -0.4 is 10.3 Å². The Kier molecular flexibility index (Phi) is 6.22. The maximum atomic E-state index is 12.6. The molecule has 0 amide bonds. The van der Waals surface area contributed by atoms with Gasteiger partial charge >= 0.3 is 0 Å². The van der Waals surface area contributed by atoms with Crippen molar-refractivity contribution in [2.75, 3.05) is 19.6 Å². The molecule has 0 bridgehead atoms. The lowest BCUT2D eigenvalue weighted by molar-refractivity contribution is 0.167. The van der Waals surface area contributed by atoms with Crippen LogP contribution in [0, 0.1) is 19.8 Å². The molecule has 1 unspecified atom stereocenters. The Hall–Kier alpha value is -2.55. The number of sulfonamides is 1. The minimum Gasteiger partial charge on any atom is -0.297 e. The highest BCUT2D eigenvalue weighted by Gasteiger charge is 2.23. The summed E-state index contributed by atoms with van der Waals surface area (Å²) in [4.78, 5) is 19.7. The van der Waals surface area contributed by atoms with Gasteiger partial charge in [0.15, 0.2) is 0 Å². The lowest BCUT2D eigenvalue weighted by atomic mass is 9.98. The maximum Gasteiger partial charge on any atom is 0.258 e.